The van der Waals surface area contributed by atoms with Gasteiger partial charge in [0.2, 0.25) is 0 Å². The molecule has 1 aromatic heterocycles. The van der Waals surface area contributed by atoms with Crippen LogP contribution < -0.4 is 11.1 Å². The van der Waals surface area contributed by atoms with Crippen molar-refractivity contribution in [2.24, 2.45) is 5.73 Å². The Hall–Kier alpha value is -3.38. The average Bonchev–Trinajstić information content (AvgIpc) is 3.09. The third kappa shape index (κ3) is 3.91. The van der Waals surface area contributed by atoms with Gasteiger partial charge in [-0.05, 0) is 49.5 Å². The van der Waals surface area contributed by atoms with Crippen LogP contribution in [-0.2, 0) is 4.79 Å². The van der Waals surface area contributed by atoms with Crippen LogP contribution in [0.4, 0.5) is 5.69 Å². The SMILES string of the molecule is C=C(CN(C)C)C(=O)Nc1cccc(-c2ccc(C(N)=O)c3[nH]ccc23)c1. The normalized spacial score (nSPS) is 10.9. The molecule has 0 saturated carbocycles. The van der Waals surface area contributed by atoms with Crippen molar-refractivity contribution >= 4 is 28.4 Å². The highest BCUT2D eigenvalue weighted by atomic mass is 16.2. The van der Waals surface area contributed by atoms with Crippen LogP contribution in [-0.4, -0.2) is 42.3 Å². The van der Waals surface area contributed by atoms with Crippen molar-refractivity contribution in [1.82, 2.24) is 9.88 Å². The molecule has 0 bridgehead atoms. The minimum Gasteiger partial charge on any atom is -0.366 e. The fraction of sp³-hybridized carbons (Fsp3) is 0.143. The number of benzene rings is 2. The molecule has 1 heterocycles. The van der Waals surface area contributed by atoms with E-state index in [1.165, 1.54) is 0 Å². The number of anilines is 1. The number of likely N-dealkylation sites (N-methyl/N-ethyl adjacent to an activating group) is 1. The highest BCUT2D eigenvalue weighted by Gasteiger charge is 2.13. The molecule has 0 spiro atoms. The number of carbonyl (C=O) groups excluding carboxylic acids is 2. The van der Waals surface area contributed by atoms with E-state index in [0.29, 0.717) is 28.9 Å². The van der Waals surface area contributed by atoms with E-state index in [-0.39, 0.29) is 5.91 Å². The summed E-state index contributed by atoms with van der Waals surface area (Å²) in [5.41, 5.74) is 9.64. The van der Waals surface area contributed by atoms with Gasteiger partial charge in [-0.3, -0.25) is 9.59 Å². The number of rotatable bonds is 6. The van der Waals surface area contributed by atoms with E-state index < -0.39 is 5.91 Å². The molecule has 0 atom stereocenters. The van der Waals surface area contributed by atoms with Crippen LogP contribution >= 0.6 is 0 Å². The Balaban J connectivity index is 1.93. The Kier molecular flexibility index (Phi) is 5.09. The Morgan fingerprint density at radius 1 is 1.19 bits per heavy atom. The third-order valence-electron chi connectivity index (χ3n) is 4.25. The van der Waals surface area contributed by atoms with Gasteiger partial charge >= 0.3 is 0 Å². The fourth-order valence-corrected chi connectivity index (χ4v) is 3.05. The topological polar surface area (TPSA) is 91.2 Å². The Morgan fingerprint density at radius 3 is 2.67 bits per heavy atom. The predicted octanol–water partition coefficient (Wildman–Crippen LogP) is 2.99. The number of nitrogens with one attached hydrogen (secondary N) is 2. The third-order valence-corrected chi connectivity index (χ3v) is 4.25. The van der Waals surface area contributed by atoms with E-state index in [2.05, 4.69) is 16.9 Å². The molecule has 0 aliphatic rings. The Morgan fingerprint density at radius 2 is 1.96 bits per heavy atom. The zero-order chi connectivity index (χ0) is 19.6. The molecule has 0 aliphatic carbocycles. The first-order chi connectivity index (χ1) is 12.9. The molecular weight excluding hydrogens is 340 g/mol. The number of nitrogens with two attached hydrogens (primary N) is 1. The Bertz CT molecular complexity index is 1030. The molecule has 138 valence electrons. The van der Waals surface area contributed by atoms with Gasteiger partial charge in [0.1, 0.15) is 0 Å². The lowest BCUT2D eigenvalue weighted by Gasteiger charge is -2.13. The lowest BCUT2D eigenvalue weighted by atomic mass is 9.98. The van der Waals surface area contributed by atoms with E-state index in [9.17, 15) is 9.59 Å². The second-order valence-electron chi connectivity index (χ2n) is 6.67. The van der Waals surface area contributed by atoms with Crippen LogP contribution in [0.15, 0.2) is 60.8 Å². The maximum absolute atomic E-state index is 12.3. The van der Waals surface area contributed by atoms with E-state index in [1.807, 2.05) is 55.4 Å². The highest BCUT2D eigenvalue weighted by Crippen LogP contribution is 2.31. The number of aromatic amines is 1. The predicted molar refractivity (Wildman–Crippen MR) is 109 cm³/mol. The van der Waals surface area contributed by atoms with E-state index in [4.69, 9.17) is 5.73 Å². The van der Waals surface area contributed by atoms with Crippen molar-refractivity contribution in [3.05, 3.63) is 66.4 Å². The molecule has 0 saturated heterocycles. The van der Waals surface area contributed by atoms with Gasteiger partial charge in [0.05, 0.1) is 11.1 Å². The van der Waals surface area contributed by atoms with Crippen molar-refractivity contribution < 1.29 is 9.59 Å². The lowest BCUT2D eigenvalue weighted by molar-refractivity contribution is -0.113. The summed E-state index contributed by atoms with van der Waals surface area (Å²) in [6.45, 7) is 4.32. The molecule has 4 N–H and O–H groups in total. The molecule has 3 rings (SSSR count). The van der Waals surface area contributed by atoms with Crippen LogP contribution in [0.5, 0.6) is 0 Å². The summed E-state index contributed by atoms with van der Waals surface area (Å²) in [5.74, 6) is -0.689. The molecule has 27 heavy (non-hydrogen) atoms. The minimum absolute atomic E-state index is 0.211. The first kappa shape index (κ1) is 18.4. The number of hydrogen-bond donors (Lipinski definition) is 3. The quantitative estimate of drug-likeness (QED) is 0.589. The number of fused-ring (bicyclic) bond motifs is 1. The average molecular weight is 362 g/mol. The number of primary amides is 1. The molecule has 0 fully saturated rings. The van der Waals surface area contributed by atoms with Crippen molar-refractivity contribution in [2.45, 2.75) is 0 Å². The smallest absolute Gasteiger partial charge is 0.252 e. The number of amides is 2. The monoisotopic (exact) mass is 362 g/mol. The highest BCUT2D eigenvalue weighted by molar-refractivity contribution is 6.09. The second-order valence-corrected chi connectivity index (χ2v) is 6.67. The molecule has 6 nitrogen and oxygen atoms in total. The molecule has 0 unspecified atom stereocenters. The number of H-pyrrole nitrogens is 1. The number of carbonyl (C=O) groups is 2. The van der Waals surface area contributed by atoms with Gasteiger partial charge in [-0.15, -0.1) is 0 Å². The lowest BCUT2D eigenvalue weighted by Crippen LogP contribution is -2.23. The molecule has 0 aliphatic heterocycles. The minimum atomic E-state index is -0.477. The van der Waals surface area contributed by atoms with Crippen LogP contribution in [0.1, 0.15) is 10.4 Å². The largest absolute Gasteiger partial charge is 0.366 e. The van der Waals surface area contributed by atoms with Crippen LogP contribution in [0, 0.1) is 0 Å². The molecule has 0 radical (unpaired) electrons. The Labute approximate surface area is 157 Å². The van der Waals surface area contributed by atoms with Crippen LogP contribution in [0.3, 0.4) is 0 Å². The molecular formula is C21H22N4O2. The van der Waals surface area contributed by atoms with Crippen molar-refractivity contribution in [3.63, 3.8) is 0 Å². The van der Waals surface area contributed by atoms with Gasteiger partial charge in [0, 0.05) is 29.4 Å². The van der Waals surface area contributed by atoms with E-state index >= 15 is 0 Å². The number of nitrogens with zero attached hydrogens (tertiary/aromatic N) is 1. The summed E-state index contributed by atoms with van der Waals surface area (Å²) >= 11 is 0. The molecule has 2 aromatic carbocycles. The standard InChI is InChI=1S/C21H22N4O2/c1-13(12-25(2)3)21(27)24-15-6-4-5-14(11-15)16-7-8-18(20(22)26)19-17(16)9-10-23-19/h4-11,23H,1,12H2,2-3H3,(H2,22,26)(H,24,27). The van der Waals surface area contributed by atoms with Crippen LogP contribution in [0.25, 0.3) is 22.0 Å². The summed E-state index contributed by atoms with van der Waals surface area (Å²) in [7, 11) is 3.77. The summed E-state index contributed by atoms with van der Waals surface area (Å²) in [6.07, 6.45) is 1.78. The first-order valence-electron chi connectivity index (χ1n) is 8.51. The van der Waals surface area contributed by atoms with Crippen molar-refractivity contribution in [1.29, 1.82) is 0 Å². The summed E-state index contributed by atoms with van der Waals surface area (Å²) in [4.78, 5) is 28.9. The zero-order valence-corrected chi connectivity index (χ0v) is 15.4. The number of aromatic nitrogens is 1. The molecule has 3 aromatic rings. The van der Waals surface area contributed by atoms with E-state index in [1.54, 1.807) is 12.3 Å². The first-order valence-corrected chi connectivity index (χ1v) is 8.51. The summed E-state index contributed by atoms with van der Waals surface area (Å²) < 4.78 is 0. The maximum Gasteiger partial charge on any atom is 0.252 e. The van der Waals surface area contributed by atoms with Crippen molar-refractivity contribution in [3.8, 4) is 11.1 Å². The second kappa shape index (κ2) is 7.47. The van der Waals surface area contributed by atoms with Gasteiger partial charge in [0.15, 0.2) is 0 Å². The van der Waals surface area contributed by atoms with E-state index in [0.717, 1.165) is 16.5 Å². The molecule has 6 heteroatoms. The van der Waals surface area contributed by atoms with Crippen molar-refractivity contribution in [2.75, 3.05) is 26.0 Å². The summed E-state index contributed by atoms with van der Waals surface area (Å²) in [6, 6.07) is 13.0. The van der Waals surface area contributed by atoms with Gasteiger partial charge in [-0.1, -0.05) is 24.8 Å². The van der Waals surface area contributed by atoms with Crippen LogP contribution in [0.2, 0.25) is 0 Å². The summed E-state index contributed by atoms with van der Waals surface area (Å²) in [5, 5.41) is 3.78. The maximum atomic E-state index is 12.3. The number of hydrogen-bond acceptors (Lipinski definition) is 3. The van der Waals surface area contributed by atoms with Gasteiger partial charge in [-0.2, -0.15) is 0 Å². The molecule has 2 amide bonds. The van der Waals surface area contributed by atoms with Gasteiger partial charge in [0.25, 0.3) is 11.8 Å². The van der Waals surface area contributed by atoms with Gasteiger partial charge < -0.3 is 20.9 Å². The van der Waals surface area contributed by atoms with Gasteiger partial charge in [-0.25, -0.2) is 0 Å². The zero-order valence-electron chi connectivity index (χ0n) is 15.4. The fourth-order valence-electron chi connectivity index (χ4n) is 3.05.